The Bertz CT molecular complexity index is 529. The van der Waals surface area contributed by atoms with Crippen LogP contribution in [-0.4, -0.2) is 27.3 Å². The second kappa shape index (κ2) is 6.56. The van der Waals surface area contributed by atoms with Crippen LogP contribution in [0.3, 0.4) is 0 Å². The molecule has 21 heavy (non-hydrogen) atoms. The maximum atomic E-state index is 11.5. The topological polar surface area (TPSA) is 44.8 Å². The summed E-state index contributed by atoms with van der Waals surface area (Å²) >= 11 is 6.33. The Morgan fingerprint density at radius 3 is 2.48 bits per heavy atom. The molecule has 0 aliphatic heterocycles. The monoisotopic (exact) mass is 312 g/mol. The van der Waals surface area contributed by atoms with Gasteiger partial charge in [0.2, 0.25) is 0 Å². The number of esters is 1. The van der Waals surface area contributed by atoms with E-state index in [9.17, 15) is 4.79 Å². The molecule has 1 fully saturated rings. The highest BCUT2D eigenvalue weighted by Gasteiger charge is 2.44. The maximum absolute atomic E-state index is 11.5. The number of hydrogen-bond donors (Lipinski definition) is 0. The van der Waals surface area contributed by atoms with E-state index in [1.54, 1.807) is 20.3 Å². The normalized spacial score (nSPS) is 21.6. The van der Waals surface area contributed by atoms with Gasteiger partial charge in [-0.3, -0.25) is 4.79 Å². The fraction of sp³-hybridized carbons (Fsp3) is 0.562. The van der Waals surface area contributed by atoms with E-state index in [-0.39, 0.29) is 17.8 Å². The first-order valence-electron chi connectivity index (χ1n) is 7.01. The van der Waals surface area contributed by atoms with Crippen LogP contribution in [0.15, 0.2) is 12.1 Å². The third kappa shape index (κ3) is 3.43. The van der Waals surface area contributed by atoms with Crippen molar-refractivity contribution in [2.75, 3.05) is 21.3 Å². The Kier molecular flexibility index (Phi) is 4.99. The highest BCUT2D eigenvalue weighted by molar-refractivity contribution is 6.31. The van der Waals surface area contributed by atoms with Crippen molar-refractivity contribution in [3.63, 3.8) is 0 Å². The Labute approximate surface area is 130 Å². The molecule has 0 N–H and O–H groups in total. The van der Waals surface area contributed by atoms with Gasteiger partial charge >= 0.3 is 5.97 Å². The molecule has 0 saturated heterocycles. The lowest BCUT2D eigenvalue weighted by Gasteiger charge is -2.17. The molecule has 0 amide bonds. The number of methoxy groups -OCH3 is 3. The number of ether oxygens (including phenoxy) is 3. The Balaban J connectivity index is 2.09. The van der Waals surface area contributed by atoms with Crippen LogP contribution in [0.1, 0.15) is 31.2 Å². The van der Waals surface area contributed by atoms with Gasteiger partial charge in [0.05, 0.1) is 27.2 Å². The molecular formula is C16H21ClO4. The fourth-order valence-electron chi connectivity index (χ4n) is 2.78. The molecule has 3 atom stereocenters. The molecule has 0 aromatic heterocycles. The minimum atomic E-state index is -0.106. The zero-order valence-electron chi connectivity index (χ0n) is 12.8. The van der Waals surface area contributed by atoms with E-state index in [0.717, 1.165) is 18.4 Å². The van der Waals surface area contributed by atoms with Crippen LogP contribution in [0, 0.1) is 11.8 Å². The van der Waals surface area contributed by atoms with Gasteiger partial charge in [0.1, 0.15) is 0 Å². The van der Waals surface area contributed by atoms with Gasteiger partial charge in [-0.15, -0.1) is 0 Å². The van der Waals surface area contributed by atoms with Crippen LogP contribution in [0.4, 0.5) is 0 Å². The van der Waals surface area contributed by atoms with E-state index >= 15 is 0 Å². The van der Waals surface area contributed by atoms with Crippen LogP contribution < -0.4 is 9.47 Å². The summed E-state index contributed by atoms with van der Waals surface area (Å²) in [5.41, 5.74) is 1.02. The van der Waals surface area contributed by atoms with Crippen molar-refractivity contribution in [1.82, 2.24) is 0 Å². The molecule has 1 aliphatic carbocycles. The molecule has 3 unspecified atom stereocenters. The predicted molar refractivity (Wildman–Crippen MR) is 81.2 cm³/mol. The second-order valence-corrected chi connectivity index (χ2v) is 5.90. The van der Waals surface area contributed by atoms with E-state index in [2.05, 4.69) is 6.92 Å². The Hall–Kier alpha value is -1.42. The van der Waals surface area contributed by atoms with Crippen LogP contribution in [0.2, 0.25) is 5.02 Å². The standard InChI is InChI=1S/C16H21ClO4/c1-9(5-10-6-12(10)16(18)21-4)11-7-14(19-2)15(20-3)8-13(11)17/h7-10,12H,5-6H2,1-4H3. The van der Waals surface area contributed by atoms with E-state index in [1.807, 2.05) is 6.07 Å². The third-order valence-corrected chi connectivity index (χ3v) is 4.44. The van der Waals surface area contributed by atoms with Gasteiger partial charge < -0.3 is 14.2 Å². The van der Waals surface area contributed by atoms with Crippen molar-refractivity contribution in [3.8, 4) is 11.5 Å². The molecule has 2 rings (SSSR count). The number of rotatable bonds is 6. The minimum absolute atomic E-state index is 0.0522. The van der Waals surface area contributed by atoms with Gasteiger partial charge in [-0.25, -0.2) is 0 Å². The highest BCUT2D eigenvalue weighted by Crippen LogP contribution is 2.47. The van der Waals surface area contributed by atoms with Crippen molar-refractivity contribution >= 4 is 17.6 Å². The summed E-state index contributed by atoms with van der Waals surface area (Å²) in [6.07, 6.45) is 1.82. The lowest BCUT2D eigenvalue weighted by molar-refractivity contribution is -0.142. The first-order valence-corrected chi connectivity index (χ1v) is 7.38. The smallest absolute Gasteiger partial charge is 0.308 e. The minimum Gasteiger partial charge on any atom is -0.493 e. The fourth-order valence-corrected chi connectivity index (χ4v) is 3.12. The molecule has 1 aromatic carbocycles. The van der Waals surface area contributed by atoms with Crippen LogP contribution >= 0.6 is 11.6 Å². The summed E-state index contributed by atoms with van der Waals surface area (Å²) in [4.78, 5) is 11.5. The van der Waals surface area contributed by atoms with Gasteiger partial charge in [-0.1, -0.05) is 18.5 Å². The summed E-state index contributed by atoms with van der Waals surface area (Å²) in [5, 5.41) is 0.662. The predicted octanol–water partition coefficient (Wildman–Crippen LogP) is 3.66. The van der Waals surface area contributed by atoms with Crippen LogP contribution in [0.5, 0.6) is 11.5 Å². The largest absolute Gasteiger partial charge is 0.493 e. The Morgan fingerprint density at radius 1 is 1.29 bits per heavy atom. The number of hydrogen-bond acceptors (Lipinski definition) is 4. The van der Waals surface area contributed by atoms with Crippen LogP contribution in [-0.2, 0) is 9.53 Å². The zero-order chi connectivity index (χ0) is 15.6. The summed E-state index contributed by atoms with van der Waals surface area (Å²) in [6.45, 7) is 2.11. The van der Waals surface area contributed by atoms with Gasteiger partial charge in [-0.05, 0) is 36.3 Å². The number of benzene rings is 1. The van der Waals surface area contributed by atoms with Gasteiger partial charge in [0.25, 0.3) is 0 Å². The van der Waals surface area contributed by atoms with Crippen molar-refractivity contribution in [2.24, 2.45) is 11.8 Å². The molecule has 1 aromatic rings. The molecule has 0 heterocycles. The van der Waals surface area contributed by atoms with E-state index in [4.69, 9.17) is 25.8 Å². The van der Waals surface area contributed by atoms with E-state index in [0.29, 0.717) is 22.4 Å². The first-order chi connectivity index (χ1) is 10.0. The van der Waals surface area contributed by atoms with Crippen LogP contribution in [0.25, 0.3) is 0 Å². The molecule has 1 saturated carbocycles. The van der Waals surface area contributed by atoms with Crippen molar-refractivity contribution < 1.29 is 19.0 Å². The summed E-state index contributed by atoms with van der Waals surface area (Å²) in [7, 11) is 4.63. The lowest BCUT2D eigenvalue weighted by Crippen LogP contribution is -2.06. The van der Waals surface area contributed by atoms with Gasteiger partial charge in [-0.2, -0.15) is 0 Å². The number of carbonyl (C=O) groups is 1. The van der Waals surface area contributed by atoms with Gasteiger partial charge in [0.15, 0.2) is 11.5 Å². The molecule has 0 spiro atoms. The number of carbonyl (C=O) groups excluding carboxylic acids is 1. The first kappa shape index (κ1) is 16.0. The quantitative estimate of drug-likeness (QED) is 0.752. The highest BCUT2D eigenvalue weighted by atomic mass is 35.5. The molecule has 4 nitrogen and oxygen atoms in total. The lowest BCUT2D eigenvalue weighted by atomic mass is 9.94. The van der Waals surface area contributed by atoms with Crippen molar-refractivity contribution in [3.05, 3.63) is 22.7 Å². The van der Waals surface area contributed by atoms with E-state index in [1.165, 1.54) is 7.11 Å². The van der Waals surface area contributed by atoms with Crippen molar-refractivity contribution in [2.45, 2.75) is 25.7 Å². The zero-order valence-corrected chi connectivity index (χ0v) is 13.6. The molecule has 0 bridgehead atoms. The van der Waals surface area contributed by atoms with Gasteiger partial charge in [0, 0.05) is 11.1 Å². The molecule has 116 valence electrons. The summed E-state index contributed by atoms with van der Waals surface area (Å²) in [5.74, 6) is 1.87. The van der Waals surface area contributed by atoms with E-state index < -0.39 is 0 Å². The molecule has 1 aliphatic rings. The Morgan fingerprint density at radius 2 is 1.90 bits per heavy atom. The SMILES string of the molecule is COC(=O)C1CC1CC(C)c1cc(OC)c(OC)cc1Cl. The number of halogens is 1. The summed E-state index contributed by atoms with van der Waals surface area (Å²) < 4.78 is 15.3. The average Bonchev–Trinajstić information content (AvgIpc) is 3.24. The van der Waals surface area contributed by atoms with Crippen molar-refractivity contribution in [1.29, 1.82) is 0 Å². The molecule has 5 heteroatoms. The maximum Gasteiger partial charge on any atom is 0.308 e. The molecule has 0 radical (unpaired) electrons. The second-order valence-electron chi connectivity index (χ2n) is 5.49. The average molecular weight is 313 g/mol. The summed E-state index contributed by atoms with van der Waals surface area (Å²) in [6, 6.07) is 3.69. The third-order valence-electron chi connectivity index (χ3n) is 4.12. The molecular weight excluding hydrogens is 292 g/mol.